The molecule has 0 bridgehead atoms. The Morgan fingerprint density at radius 2 is 1.76 bits per heavy atom. The summed E-state index contributed by atoms with van der Waals surface area (Å²) >= 11 is 0. The highest BCUT2D eigenvalue weighted by molar-refractivity contribution is 5.83. The van der Waals surface area contributed by atoms with Crippen molar-refractivity contribution in [3.8, 4) is 0 Å². The minimum absolute atomic E-state index is 0.0788. The van der Waals surface area contributed by atoms with Gasteiger partial charge in [-0.25, -0.2) is 9.59 Å². The number of nitrogens with zero attached hydrogens (tertiary/aromatic N) is 1. The lowest BCUT2D eigenvalue weighted by Gasteiger charge is -2.32. The van der Waals surface area contributed by atoms with Crippen LogP contribution in [-0.4, -0.2) is 40.6 Å². The Labute approximate surface area is 127 Å². The van der Waals surface area contributed by atoms with Crippen molar-refractivity contribution >= 4 is 12.0 Å². The number of rotatable bonds is 6. The first-order valence-corrected chi connectivity index (χ1v) is 8.29. The molecule has 2 fully saturated rings. The zero-order valence-corrected chi connectivity index (χ0v) is 13.2. The van der Waals surface area contributed by atoms with E-state index in [2.05, 4.69) is 5.32 Å². The van der Waals surface area contributed by atoms with E-state index in [9.17, 15) is 14.7 Å². The Balaban J connectivity index is 1.96. The Kier molecular flexibility index (Phi) is 5.48. The van der Waals surface area contributed by atoms with Crippen LogP contribution in [0.2, 0.25) is 0 Å². The standard InChI is InChI=1S/C16H28N2O3/c1-11(2)18(10-12-8-9-12)16(21)17-14(15(19)20)13-6-4-3-5-7-13/h11-14H,3-10H2,1-2H3,(H,17,21)(H,19,20). The van der Waals surface area contributed by atoms with Crippen LogP contribution in [0.3, 0.4) is 0 Å². The largest absolute Gasteiger partial charge is 0.480 e. The lowest BCUT2D eigenvalue weighted by Crippen LogP contribution is -2.53. The summed E-state index contributed by atoms with van der Waals surface area (Å²) in [5.74, 6) is -0.211. The average molecular weight is 296 g/mol. The second-order valence-electron chi connectivity index (χ2n) is 6.85. The maximum Gasteiger partial charge on any atom is 0.326 e. The zero-order valence-electron chi connectivity index (χ0n) is 13.2. The highest BCUT2D eigenvalue weighted by Crippen LogP contribution is 2.31. The number of hydrogen-bond donors (Lipinski definition) is 2. The Hall–Kier alpha value is -1.26. The number of urea groups is 1. The van der Waals surface area contributed by atoms with Crippen molar-refractivity contribution < 1.29 is 14.7 Å². The zero-order chi connectivity index (χ0) is 15.4. The molecule has 2 N–H and O–H groups in total. The molecule has 2 aliphatic carbocycles. The molecule has 2 aliphatic rings. The summed E-state index contributed by atoms with van der Waals surface area (Å²) < 4.78 is 0. The second kappa shape index (κ2) is 7.14. The van der Waals surface area contributed by atoms with Crippen LogP contribution in [0.1, 0.15) is 58.8 Å². The van der Waals surface area contributed by atoms with Crippen LogP contribution in [0.15, 0.2) is 0 Å². The summed E-state index contributed by atoms with van der Waals surface area (Å²) in [6.45, 7) is 4.72. The number of nitrogens with one attached hydrogen (secondary N) is 1. The first-order chi connectivity index (χ1) is 9.99. The highest BCUT2D eigenvalue weighted by Gasteiger charge is 2.34. The molecule has 0 radical (unpaired) electrons. The first kappa shape index (κ1) is 16.1. The number of carbonyl (C=O) groups is 2. The lowest BCUT2D eigenvalue weighted by molar-refractivity contribution is -0.141. The van der Waals surface area contributed by atoms with E-state index >= 15 is 0 Å². The SMILES string of the molecule is CC(C)N(CC1CC1)C(=O)NC(C(=O)O)C1CCCCC1. The van der Waals surface area contributed by atoms with Gasteiger partial charge in [0.05, 0.1) is 0 Å². The van der Waals surface area contributed by atoms with E-state index in [1.165, 1.54) is 19.3 Å². The van der Waals surface area contributed by atoms with Crippen LogP contribution in [0.4, 0.5) is 4.79 Å². The number of carbonyl (C=O) groups excluding carboxylic acids is 1. The summed E-state index contributed by atoms with van der Waals surface area (Å²) in [6, 6.07) is -0.848. The highest BCUT2D eigenvalue weighted by atomic mass is 16.4. The van der Waals surface area contributed by atoms with Crippen molar-refractivity contribution in [2.75, 3.05) is 6.54 Å². The molecule has 0 saturated heterocycles. The summed E-state index contributed by atoms with van der Waals surface area (Å²) in [6.07, 6.45) is 7.49. The predicted molar refractivity (Wildman–Crippen MR) is 81.1 cm³/mol. The fraction of sp³-hybridized carbons (Fsp3) is 0.875. The maximum absolute atomic E-state index is 12.5. The van der Waals surface area contributed by atoms with Crippen molar-refractivity contribution in [1.82, 2.24) is 10.2 Å². The molecule has 0 aromatic carbocycles. The fourth-order valence-electron chi connectivity index (χ4n) is 3.17. The van der Waals surface area contributed by atoms with Gasteiger partial charge in [0.25, 0.3) is 0 Å². The van der Waals surface area contributed by atoms with Gasteiger partial charge >= 0.3 is 12.0 Å². The van der Waals surface area contributed by atoms with Gasteiger partial charge < -0.3 is 15.3 Å². The van der Waals surface area contributed by atoms with Gasteiger partial charge in [-0.15, -0.1) is 0 Å². The van der Waals surface area contributed by atoms with Crippen molar-refractivity contribution in [3.63, 3.8) is 0 Å². The maximum atomic E-state index is 12.5. The topological polar surface area (TPSA) is 69.6 Å². The van der Waals surface area contributed by atoms with E-state index in [-0.39, 0.29) is 18.0 Å². The molecular formula is C16H28N2O3. The Bertz CT molecular complexity index is 374. The van der Waals surface area contributed by atoms with Gasteiger partial charge in [0.1, 0.15) is 6.04 Å². The van der Waals surface area contributed by atoms with Gasteiger partial charge in [0, 0.05) is 12.6 Å². The van der Waals surface area contributed by atoms with Crippen LogP contribution in [0.25, 0.3) is 0 Å². The third-order valence-corrected chi connectivity index (χ3v) is 4.70. The number of hydrogen-bond acceptors (Lipinski definition) is 2. The third kappa shape index (κ3) is 4.61. The van der Waals surface area contributed by atoms with Gasteiger partial charge in [0.15, 0.2) is 0 Å². The van der Waals surface area contributed by atoms with Crippen LogP contribution < -0.4 is 5.32 Å². The van der Waals surface area contributed by atoms with Gasteiger partial charge in [-0.05, 0) is 51.4 Å². The molecule has 2 rings (SSSR count). The molecule has 0 aliphatic heterocycles. The normalized spacial score (nSPS) is 21.1. The smallest absolute Gasteiger partial charge is 0.326 e. The van der Waals surface area contributed by atoms with Gasteiger partial charge in [-0.3, -0.25) is 0 Å². The van der Waals surface area contributed by atoms with Crippen molar-refractivity contribution in [3.05, 3.63) is 0 Å². The molecule has 120 valence electrons. The molecule has 5 nitrogen and oxygen atoms in total. The molecule has 0 aromatic rings. The number of carboxylic acids is 1. The Morgan fingerprint density at radius 3 is 2.24 bits per heavy atom. The number of aliphatic carboxylic acids is 1. The molecule has 0 heterocycles. The first-order valence-electron chi connectivity index (χ1n) is 8.29. The number of amides is 2. The quantitative estimate of drug-likeness (QED) is 0.792. The van der Waals surface area contributed by atoms with Gasteiger partial charge in [0.2, 0.25) is 0 Å². The molecule has 2 saturated carbocycles. The molecule has 21 heavy (non-hydrogen) atoms. The lowest BCUT2D eigenvalue weighted by atomic mass is 9.84. The summed E-state index contributed by atoms with van der Waals surface area (Å²) in [5, 5.41) is 12.2. The third-order valence-electron chi connectivity index (χ3n) is 4.70. The monoisotopic (exact) mass is 296 g/mol. The average Bonchev–Trinajstić information content (AvgIpc) is 3.26. The van der Waals surface area contributed by atoms with E-state index in [0.717, 1.165) is 32.2 Å². The van der Waals surface area contributed by atoms with Crippen LogP contribution in [0.5, 0.6) is 0 Å². The summed E-state index contributed by atoms with van der Waals surface area (Å²) in [7, 11) is 0. The van der Waals surface area contributed by atoms with E-state index < -0.39 is 12.0 Å². The minimum Gasteiger partial charge on any atom is -0.480 e. The molecule has 1 unspecified atom stereocenters. The van der Waals surface area contributed by atoms with E-state index in [4.69, 9.17) is 0 Å². The Morgan fingerprint density at radius 1 is 1.14 bits per heavy atom. The van der Waals surface area contributed by atoms with Crippen LogP contribution >= 0.6 is 0 Å². The van der Waals surface area contributed by atoms with Crippen LogP contribution in [0, 0.1) is 11.8 Å². The molecule has 5 heteroatoms. The summed E-state index contributed by atoms with van der Waals surface area (Å²) in [4.78, 5) is 25.8. The van der Waals surface area contributed by atoms with E-state index in [1.807, 2.05) is 13.8 Å². The molecule has 0 aromatic heterocycles. The minimum atomic E-state index is -0.898. The predicted octanol–water partition coefficient (Wildman–Crippen LogP) is 2.85. The van der Waals surface area contributed by atoms with Crippen molar-refractivity contribution in [2.45, 2.75) is 70.9 Å². The van der Waals surface area contributed by atoms with Gasteiger partial charge in [-0.1, -0.05) is 19.3 Å². The summed E-state index contributed by atoms with van der Waals surface area (Å²) in [5.41, 5.74) is 0. The van der Waals surface area contributed by atoms with Gasteiger partial charge in [-0.2, -0.15) is 0 Å². The number of carboxylic acid groups (broad SMARTS) is 1. The van der Waals surface area contributed by atoms with Crippen molar-refractivity contribution in [1.29, 1.82) is 0 Å². The molecule has 1 atom stereocenters. The second-order valence-corrected chi connectivity index (χ2v) is 6.85. The van der Waals surface area contributed by atoms with E-state index in [0.29, 0.717) is 5.92 Å². The van der Waals surface area contributed by atoms with E-state index in [1.54, 1.807) is 4.90 Å². The molecule has 2 amide bonds. The molecule has 0 spiro atoms. The van der Waals surface area contributed by atoms with Crippen molar-refractivity contribution in [2.24, 2.45) is 11.8 Å². The molecular weight excluding hydrogens is 268 g/mol. The van der Waals surface area contributed by atoms with Crippen LogP contribution in [-0.2, 0) is 4.79 Å². The fourth-order valence-corrected chi connectivity index (χ4v) is 3.17.